The van der Waals surface area contributed by atoms with Gasteiger partial charge in [0.05, 0.1) is 13.0 Å². The molecule has 16 heavy (non-hydrogen) atoms. The van der Waals surface area contributed by atoms with Crippen LogP contribution >= 0.6 is 0 Å². The predicted octanol–water partition coefficient (Wildman–Crippen LogP) is 2.44. The lowest BCUT2D eigenvalue weighted by atomic mass is 10.1. The van der Waals surface area contributed by atoms with Gasteiger partial charge in [-0.15, -0.1) is 6.58 Å². The zero-order chi connectivity index (χ0) is 12.0. The Morgan fingerprint density at radius 3 is 2.88 bits per heavy atom. The SMILES string of the molecule is C=CCc1ccc(CC(=O)O)cc1OCC. The highest BCUT2D eigenvalue weighted by molar-refractivity contribution is 5.70. The van der Waals surface area contributed by atoms with E-state index < -0.39 is 5.97 Å². The molecular formula is C13H16O3. The minimum absolute atomic E-state index is 0.0223. The molecule has 0 radical (unpaired) electrons. The highest BCUT2D eigenvalue weighted by atomic mass is 16.5. The molecule has 0 aromatic heterocycles. The first-order chi connectivity index (χ1) is 7.67. The number of carboxylic acid groups (broad SMARTS) is 1. The van der Waals surface area contributed by atoms with Crippen LogP contribution in [-0.4, -0.2) is 17.7 Å². The van der Waals surface area contributed by atoms with Gasteiger partial charge in [-0.2, -0.15) is 0 Å². The lowest BCUT2D eigenvalue weighted by Gasteiger charge is -2.10. The van der Waals surface area contributed by atoms with E-state index in [0.717, 1.165) is 23.3 Å². The average molecular weight is 220 g/mol. The van der Waals surface area contributed by atoms with E-state index in [-0.39, 0.29) is 6.42 Å². The van der Waals surface area contributed by atoms with Gasteiger partial charge < -0.3 is 9.84 Å². The Morgan fingerprint density at radius 1 is 1.56 bits per heavy atom. The molecule has 1 N–H and O–H groups in total. The van der Waals surface area contributed by atoms with E-state index >= 15 is 0 Å². The molecule has 0 aliphatic rings. The molecule has 0 atom stereocenters. The summed E-state index contributed by atoms with van der Waals surface area (Å²) in [5.41, 5.74) is 1.79. The van der Waals surface area contributed by atoms with E-state index in [4.69, 9.17) is 9.84 Å². The van der Waals surface area contributed by atoms with Gasteiger partial charge >= 0.3 is 5.97 Å². The number of aliphatic carboxylic acids is 1. The molecule has 3 heteroatoms. The molecule has 0 spiro atoms. The smallest absolute Gasteiger partial charge is 0.307 e. The fourth-order valence-corrected chi connectivity index (χ4v) is 1.50. The van der Waals surface area contributed by atoms with Crippen LogP contribution in [0.15, 0.2) is 30.9 Å². The Labute approximate surface area is 95.4 Å². The fraction of sp³-hybridized carbons (Fsp3) is 0.308. The van der Waals surface area contributed by atoms with E-state index in [2.05, 4.69) is 6.58 Å². The predicted molar refractivity (Wildman–Crippen MR) is 62.9 cm³/mol. The molecule has 0 fully saturated rings. The number of ether oxygens (including phenoxy) is 1. The number of benzene rings is 1. The topological polar surface area (TPSA) is 46.5 Å². The van der Waals surface area contributed by atoms with Gasteiger partial charge in [-0.3, -0.25) is 4.79 Å². The minimum Gasteiger partial charge on any atom is -0.494 e. The standard InChI is InChI=1S/C13H16O3/c1-3-5-11-7-6-10(9-13(14)15)8-12(11)16-4-2/h3,6-8H,1,4-5,9H2,2H3,(H,14,15). The Balaban J connectivity index is 2.96. The van der Waals surface area contributed by atoms with Crippen LogP contribution in [0.2, 0.25) is 0 Å². The van der Waals surface area contributed by atoms with Crippen molar-refractivity contribution in [1.82, 2.24) is 0 Å². The molecule has 0 saturated heterocycles. The molecule has 0 aliphatic carbocycles. The molecule has 3 nitrogen and oxygen atoms in total. The third-order valence-corrected chi connectivity index (χ3v) is 2.15. The molecule has 1 aromatic carbocycles. The van der Waals surface area contributed by atoms with Crippen molar-refractivity contribution in [2.45, 2.75) is 19.8 Å². The van der Waals surface area contributed by atoms with E-state index in [1.165, 1.54) is 0 Å². The van der Waals surface area contributed by atoms with Crippen LogP contribution in [-0.2, 0) is 17.6 Å². The Hall–Kier alpha value is -1.77. The molecule has 0 heterocycles. The lowest BCUT2D eigenvalue weighted by Crippen LogP contribution is -2.02. The number of carbonyl (C=O) groups is 1. The summed E-state index contributed by atoms with van der Waals surface area (Å²) in [7, 11) is 0. The van der Waals surface area contributed by atoms with Crippen LogP contribution in [0.1, 0.15) is 18.1 Å². The van der Waals surface area contributed by atoms with Gasteiger partial charge in [-0.25, -0.2) is 0 Å². The molecule has 0 amide bonds. The van der Waals surface area contributed by atoms with Crippen LogP contribution in [0.3, 0.4) is 0 Å². The third-order valence-electron chi connectivity index (χ3n) is 2.15. The van der Waals surface area contributed by atoms with Crippen LogP contribution in [0.25, 0.3) is 0 Å². The first-order valence-electron chi connectivity index (χ1n) is 5.24. The molecule has 86 valence electrons. The monoisotopic (exact) mass is 220 g/mol. The molecule has 0 aliphatic heterocycles. The van der Waals surface area contributed by atoms with Gasteiger partial charge in [0.25, 0.3) is 0 Å². The highest BCUT2D eigenvalue weighted by Crippen LogP contribution is 2.21. The zero-order valence-corrected chi connectivity index (χ0v) is 9.40. The molecule has 0 saturated carbocycles. The summed E-state index contributed by atoms with van der Waals surface area (Å²) in [4.78, 5) is 10.6. The Morgan fingerprint density at radius 2 is 2.31 bits per heavy atom. The zero-order valence-electron chi connectivity index (χ0n) is 9.40. The fourth-order valence-electron chi connectivity index (χ4n) is 1.50. The summed E-state index contributed by atoms with van der Waals surface area (Å²) in [5.74, 6) is -0.0833. The second-order valence-electron chi connectivity index (χ2n) is 3.44. The molecule has 1 rings (SSSR count). The minimum atomic E-state index is -0.834. The number of hydrogen-bond donors (Lipinski definition) is 1. The van der Waals surface area contributed by atoms with Gasteiger partial charge in [-0.1, -0.05) is 18.2 Å². The van der Waals surface area contributed by atoms with Gasteiger partial charge in [0.2, 0.25) is 0 Å². The maximum atomic E-state index is 10.6. The first-order valence-corrected chi connectivity index (χ1v) is 5.24. The molecular weight excluding hydrogens is 204 g/mol. The van der Waals surface area contributed by atoms with Crippen LogP contribution in [0.4, 0.5) is 0 Å². The molecule has 1 aromatic rings. The highest BCUT2D eigenvalue weighted by Gasteiger charge is 2.06. The van der Waals surface area contributed by atoms with Crippen molar-refractivity contribution in [2.75, 3.05) is 6.61 Å². The Bertz CT molecular complexity index is 383. The summed E-state index contributed by atoms with van der Waals surface area (Å²) in [6.07, 6.45) is 2.55. The van der Waals surface area contributed by atoms with Crippen LogP contribution in [0.5, 0.6) is 5.75 Å². The number of rotatable bonds is 6. The van der Waals surface area contributed by atoms with Crippen molar-refractivity contribution in [1.29, 1.82) is 0 Å². The van der Waals surface area contributed by atoms with Crippen molar-refractivity contribution in [2.24, 2.45) is 0 Å². The first kappa shape index (κ1) is 12.3. The molecule has 0 unspecified atom stereocenters. The van der Waals surface area contributed by atoms with Crippen molar-refractivity contribution < 1.29 is 14.6 Å². The number of hydrogen-bond acceptors (Lipinski definition) is 2. The van der Waals surface area contributed by atoms with Gasteiger partial charge in [0.15, 0.2) is 0 Å². The van der Waals surface area contributed by atoms with E-state index in [9.17, 15) is 4.79 Å². The summed E-state index contributed by atoms with van der Waals surface area (Å²) in [6.45, 7) is 6.15. The average Bonchev–Trinajstić information content (AvgIpc) is 2.21. The largest absolute Gasteiger partial charge is 0.494 e. The van der Waals surface area contributed by atoms with Crippen LogP contribution < -0.4 is 4.74 Å². The maximum absolute atomic E-state index is 10.6. The number of carboxylic acids is 1. The second-order valence-corrected chi connectivity index (χ2v) is 3.44. The van der Waals surface area contributed by atoms with E-state index in [1.54, 1.807) is 12.1 Å². The van der Waals surface area contributed by atoms with Gasteiger partial charge in [-0.05, 0) is 30.5 Å². The van der Waals surface area contributed by atoms with E-state index in [1.807, 2.05) is 19.1 Å². The van der Waals surface area contributed by atoms with Crippen molar-refractivity contribution in [3.8, 4) is 5.75 Å². The van der Waals surface area contributed by atoms with Crippen molar-refractivity contribution in [3.05, 3.63) is 42.0 Å². The summed E-state index contributed by atoms with van der Waals surface area (Å²) in [5, 5.41) is 8.70. The van der Waals surface area contributed by atoms with Crippen molar-refractivity contribution in [3.63, 3.8) is 0 Å². The van der Waals surface area contributed by atoms with Gasteiger partial charge in [0.1, 0.15) is 5.75 Å². The number of allylic oxidation sites excluding steroid dienone is 1. The molecule has 0 bridgehead atoms. The summed E-state index contributed by atoms with van der Waals surface area (Å²) in [6, 6.07) is 5.50. The third kappa shape index (κ3) is 3.42. The Kier molecular flexibility index (Phi) is 4.58. The van der Waals surface area contributed by atoms with Crippen LogP contribution in [0, 0.1) is 0 Å². The maximum Gasteiger partial charge on any atom is 0.307 e. The van der Waals surface area contributed by atoms with Crippen molar-refractivity contribution >= 4 is 5.97 Å². The lowest BCUT2D eigenvalue weighted by molar-refractivity contribution is -0.136. The summed E-state index contributed by atoms with van der Waals surface area (Å²) >= 11 is 0. The summed E-state index contributed by atoms with van der Waals surface area (Å²) < 4.78 is 5.47. The van der Waals surface area contributed by atoms with Gasteiger partial charge in [0, 0.05) is 0 Å². The van der Waals surface area contributed by atoms with E-state index in [0.29, 0.717) is 6.61 Å². The normalized spacial score (nSPS) is 9.81. The second kappa shape index (κ2) is 5.95. The quantitative estimate of drug-likeness (QED) is 0.749.